The molecule has 0 radical (unpaired) electrons. The predicted octanol–water partition coefficient (Wildman–Crippen LogP) is 1.56. The van der Waals surface area contributed by atoms with Gasteiger partial charge in [0.05, 0.1) is 11.5 Å². The highest BCUT2D eigenvalue weighted by Gasteiger charge is 2.35. The normalized spacial score (nSPS) is 21.9. The summed E-state index contributed by atoms with van der Waals surface area (Å²) in [6.45, 7) is 3.22. The zero-order valence-electron chi connectivity index (χ0n) is 15.0. The summed E-state index contributed by atoms with van der Waals surface area (Å²) in [6, 6.07) is 8.50. The molecule has 1 aromatic carbocycles. The number of aliphatic hydroxyl groups excluding tert-OH is 1. The highest BCUT2D eigenvalue weighted by Crippen LogP contribution is 2.32. The van der Waals surface area contributed by atoms with Crippen LogP contribution in [-0.2, 0) is 14.8 Å². The van der Waals surface area contributed by atoms with E-state index in [9.17, 15) is 13.2 Å². The summed E-state index contributed by atoms with van der Waals surface area (Å²) in [5, 5.41) is 8.95. The molecular weight excluding hydrogens is 340 g/mol. The lowest BCUT2D eigenvalue weighted by Crippen LogP contribution is -2.45. The van der Waals surface area contributed by atoms with Gasteiger partial charge in [-0.3, -0.25) is 4.79 Å². The average molecular weight is 368 g/mol. The fourth-order valence-electron chi connectivity index (χ4n) is 3.39. The van der Waals surface area contributed by atoms with E-state index in [0.29, 0.717) is 37.4 Å². The lowest BCUT2D eigenvalue weighted by atomic mass is 9.82. The maximum Gasteiger partial charge on any atom is 0.243 e. The second kappa shape index (κ2) is 8.78. The molecule has 1 aliphatic heterocycles. The van der Waals surface area contributed by atoms with Crippen LogP contribution in [0.1, 0.15) is 26.2 Å². The molecule has 2 atom stereocenters. The molecule has 0 saturated carbocycles. The van der Waals surface area contributed by atoms with Crippen molar-refractivity contribution in [2.24, 2.45) is 11.8 Å². The fourth-order valence-corrected chi connectivity index (χ4v) is 4.93. The molecule has 1 aromatic rings. The van der Waals surface area contributed by atoms with Gasteiger partial charge in [-0.1, -0.05) is 31.5 Å². The van der Waals surface area contributed by atoms with Crippen molar-refractivity contribution < 1.29 is 18.3 Å². The van der Waals surface area contributed by atoms with Crippen molar-refractivity contribution in [2.45, 2.75) is 31.1 Å². The molecule has 140 valence electrons. The number of carbonyl (C=O) groups excluding carboxylic acids is 1. The monoisotopic (exact) mass is 368 g/mol. The first-order valence-corrected chi connectivity index (χ1v) is 10.2. The largest absolute Gasteiger partial charge is 0.395 e. The second-order valence-corrected chi connectivity index (χ2v) is 8.57. The van der Waals surface area contributed by atoms with Crippen LogP contribution >= 0.6 is 0 Å². The van der Waals surface area contributed by atoms with Gasteiger partial charge in [-0.05, 0) is 30.4 Å². The smallest absolute Gasteiger partial charge is 0.243 e. The molecule has 0 spiro atoms. The van der Waals surface area contributed by atoms with Gasteiger partial charge in [-0.15, -0.1) is 0 Å². The first-order chi connectivity index (χ1) is 11.9. The van der Waals surface area contributed by atoms with E-state index >= 15 is 0 Å². The molecule has 1 fully saturated rings. The van der Waals surface area contributed by atoms with E-state index in [4.69, 9.17) is 5.11 Å². The molecule has 7 heteroatoms. The van der Waals surface area contributed by atoms with Crippen LogP contribution in [0.4, 0.5) is 0 Å². The Balaban J connectivity index is 2.05. The predicted molar refractivity (Wildman–Crippen MR) is 96.4 cm³/mol. The quantitative estimate of drug-likeness (QED) is 0.792. The van der Waals surface area contributed by atoms with Crippen molar-refractivity contribution in [3.05, 3.63) is 30.3 Å². The molecule has 25 heavy (non-hydrogen) atoms. The van der Waals surface area contributed by atoms with Crippen LogP contribution in [-0.4, -0.2) is 61.9 Å². The minimum absolute atomic E-state index is 0.0110. The van der Waals surface area contributed by atoms with Gasteiger partial charge in [-0.25, -0.2) is 8.42 Å². The van der Waals surface area contributed by atoms with E-state index in [1.807, 2.05) is 6.92 Å². The molecule has 0 bridgehead atoms. The van der Waals surface area contributed by atoms with Crippen LogP contribution < -0.4 is 0 Å². The molecule has 2 rings (SSSR count). The Bertz CT molecular complexity index is 663. The van der Waals surface area contributed by atoms with Gasteiger partial charge < -0.3 is 10.0 Å². The number of hydrogen-bond acceptors (Lipinski definition) is 4. The number of likely N-dealkylation sites (N-methyl/N-ethyl adjacent to an activating group) is 1. The molecule has 1 amide bonds. The van der Waals surface area contributed by atoms with Crippen molar-refractivity contribution in [2.75, 3.05) is 33.3 Å². The first-order valence-electron chi connectivity index (χ1n) is 8.80. The number of rotatable bonds is 7. The van der Waals surface area contributed by atoms with Gasteiger partial charge >= 0.3 is 0 Å². The summed E-state index contributed by atoms with van der Waals surface area (Å²) in [7, 11) is -1.79. The standard InChI is InChI=1S/C18H28N2O4S/c1-3-15-14-20(25(23,24)17-7-5-4-6-8-17)10-9-16(15)13-18(22)19(2)11-12-21/h4-8,15-16,21H,3,9-14H2,1-2H3/t15-,16+/m1/s1. The van der Waals surface area contributed by atoms with Crippen LogP contribution in [0.25, 0.3) is 0 Å². The second-order valence-electron chi connectivity index (χ2n) is 6.64. The molecule has 1 N–H and O–H groups in total. The van der Waals surface area contributed by atoms with E-state index in [0.717, 1.165) is 6.42 Å². The lowest BCUT2D eigenvalue weighted by Gasteiger charge is -2.37. The minimum Gasteiger partial charge on any atom is -0.395 e. The van der Waals surface area contributed by atoms with Crippen LogP contribution in [0, 0.1) is 11.8 Å². The minimum atomic E-state index is -3.48. The van der Waals surface area contributed by atoms with E-state index in [1.54, 1.807) is 46.6 Å². The Labute approximate surface area is 150 Å². The van der Waals surface area contributed by atoms with Crippen molar-refractivity contribution in [3.63, 3.8) is 0 Å². The summed E-state index contributed by atoms with van der Waals surface area (Å²) in [5.41, 5.74) is 0. The summed E-state index contributed by atoms with van der Waals surface area (Å²) < 4.78 is 27.1. The summed E-state index contributed by atoms with van der Waals surface area (Å²) >= 11 is 0. The molecular formula is C18H28N2O4S. The zero-order chi connectivity index (χ0) is 18.4. The van der Waals surface area contributed by atoms with E-state index in [-0.39, 0.29) is 24.3 Å². The number of piperidine rings is 1. The Morgan fingerprint density at radius 2 is 1.96 bits per heavy atom. The van der Waals surface area contributed by atoms with Crippen molar-refractivity contribution >= 4 is 15.9 Å². The molecule has 1 saturated heterocycles. The van der Waals surface area contributed by atoms with Crippen molar-refractivity contribution in [1.82, 2.24) is 9.21 Å². The van der Waals surface area contributed by atoms with Crippen LogP contribution in [0.3, 0.4) is 0 Å². The topological polar surface area (TPSA) is 77.9 Å². The van der Waals surface area contributed by atoms with Crippen LogP contribution in [0.5, 0.6) is 0 Å². The number of amides is 1. The number of hydrogen-bond donors (Lipinski definition) is 1. The highest BCUT2D eigenvalue weighted by atomic mass is 32.2. The Morgan fingerprint density at radius 1 is 1.28 bits per heavy atom. The number of sulfonamides is 1. The van der Waals surface area contributed by atoms with Crippen LogP contribution in [0.15, 0.2) is 35.2 Å². The first kappa shape index (κ1) is 19.9. The number of carbonyl (C=O) groups is 1. The SMILES string of the molecule is CC[C@@H]1CN(S(=O)(=O)c2ccccc2)CC[C@H]1CC(=O)N(C)CCO. The van der Waals surface area contributed by atoms with Crippen LogP contribution in [0.2, 0.25) is 0 Å². The summed E-state index contributed by atoms with van der Waals surface area (Å²) in [4.78, 5) is 14.1. The van der Waals surface area contributed by atoms with Gasteiger partial charge in [-0.2, -0.15) is 4.31 Å². The van der Waals surface area contributed by atoms with Gasteiger partial charge in [0.1, 0.15) is 0 Å². The van der Waals surface area contributed by atoms with E-state index < -0.39 is 10.0 Å². The number of nitrogens with zero attached hydrogens (tertiary/aromatic N) is 2. The zero-order valence-corrected chi connectivity index (χ0v) is 15.8. The average Bonchev–Trinajstić information content (AvgIpc) is 2.62. The Kier molecular flexibility index (Phi) is 6.98. The molecule has 0 aromatic heterocycles. The van der Waals surface area contributed by atoms with E-state index in [2.05, 4.69) is 0 Å². The third kappa shape index (κ3) is 4.80. The van der Waals surface area contributed by atoms with Gasteiger partial charge in [0.25, 0.3) is 0 Å². The maximum atomic E-state index is 12.8. The maximum absolute atomic E-state index is 12.8. The number of benzene rings is 1. The van der Waals surface area contributed by atoms with Gasteiger partial charge in [0, 0.05) is 33.1 Å². The fraction of sp³-hybridized carbons (Fsp3) is 0.611. The molecule has 1 aliphatic rings. The van der Waals surface area contributed by atoms with Crippen molar-refractivity contribution in [1.29, 1.82) is 0 Å². The highest BCUT2D eigenvalue weighted by molar-refractivity contribution is 7.89. The lowest BCUT2D eigenvalue weighted by molar-refractivity contribution is -0.132. The molecule has 6 nitrogen and oxygen atoms in total. The van der Waals surface area contributed by atoms with Gasteiger partial charge in [0.15, 0.2) is 0 Å². The number of aliphatic hydroxyl groups is 1. The summed E-state index contributed by atoms with van der Waals surface area (Å²) in [6.07, 6.45) is 1.93. The van der Waals surface area contributed by atoms with E-state index in [1.165, 1.54) is 0 Å². The Morgan fingerprint density at radius 3 is 2.56 bits per heavy atom. The third-order valence-electron chi connectivity index (χ3n) is 5.06. The molecule has 1 heterocycles. The molecule has 0 aliphatic carbocycles. The Hall–Kier alpha value is -1.44. The molecule has 0 unspecified atom stereocenters. The third-order valence-corrected chi connectivity index (χ3v) is 6.94. The van der Waals surface area contributed by atoms with Gasteiger partial charge in [0.2, 0.25) is 15.9 Å². The summed E-state index contributed by atoms with van der Waals surface area (Å²) in [5.74, 6) is 0.358. The van der Waals surface area contributed by atoms with Crippen molar-refractivity contribution in [3.8, 4) is 0 Å².